The predicted molar refractivity (Wildman–Crippen MR) is 136 cm³/mol. The van der Waals surface area contributed by atoms with Crippen molar-refractivity contribution in [3.63, 3.8) is 0 Å². The van der Waals surface area contributed by atoms with Crippen molar-refractivity contribution in [2.24, 2.45) is 5.92 Å². The molecule has 0 spiro atoms. The summed E-state index contributed by atoms with van der Waals surface area (Å²) in [6, 6.07) is 6.65. The fourth-order valence-corrected chi connectivity index (χ4v) is 6.14. The molecule has 1 fully saturated rings. The SMILES string of the molecule is CCOS(=O)(=O)O[C@@H](C)[C@@H]1C(=O)N2C(C(=O)OCc3ccc(Br)cc3)=C(SC(Cl)=CNC(C)=O)C[C@H]12. The molecule has 2 aliphatic rings. The number of benzene rings is 1. The second kappa shape index (κ2) is 12.1. The average molecular weight is 624 g/mol. The molecule has 1 aromatic carbocycles. The van der Waals surface area contributed by atoms with Crippen molar-refractivity contribution < 1.29 is 35.9 Å². The van der Waals surface area contributed by atoms with Crippen LogP contribution >= 0.6 is 39.3 Å². The van der Waals surface area contributed by atoms with Gasteiger partial charge in [0.1, 0.15) is 12.3 Å². The number of halogens is 2. The Hall–Kier alpha value is -1.90. The highest BCUT2D eigenvalue weighted by molar-refractivity contribution is 9.10. The quantitative estimate of drug-likeness (QED) is 0.291. The van der Waals surface area contributed by atoms with Crippen LogP contribution in [0.5, 0.6) is 0 Å². The number of hydrogen-bond acceptors (Lipinski definition) is 9. The number of β-lactam (4-membered cyclic amide) rings is 1. The number of thioether (sulfide) groups is 1. The largest absolute Gasteiger partial charge is 0.456 e. The summed E-state index contributed by atoms with van der Waals surface area (Å²) in [5.74, 6) is -2.36. The van der Waals surface area contributed by atoms with Crippen molar-refractivity contribution in [2.45, 2.75) is 45.9 Å². The van der Waals surface area contributed by atoms with Gasteiger partial charge in [-0.25, -0.2) is 13.2 Å². The summed E-state index contributed by atoms with van der Waals surface area (Å²) in [6.07, 6.45) is 0.475. The number of ether oxygens (including phenoxy) is 1. The first-order chi connectivity index (χ1) is 16.9. The molecule has 2 amide bonds. The van der Waals surface area contributed by atoms with Gasteiger partial charge in [0.2, 0.25) is 11.8 Å². The highest BCUT2D eigenvalue weighted by Crippen LogP contribution is 2.49. The predicted octanol–water partition coefficient (Wildman–Crippen LogP) is 3.53. The summed E-state index contributed by atoms with van der Waals surface area (Å²) in [5, 5.41) is 2.45. The number of rotatable bonds is 11. The molecule has 196 valence electrons. The summed E-state index contributed by atoms with van der Waals surface area (Å²) in [5.41, 5.74) is 0.771. The molecule has 0 radical (unpaired) electrons. The standard InChI is InChI=1S/C22H24BrClN2O8S2/c1-4-33-36(30,31)34-12(2)19-16-9-17(35-18(24)10-25-13(3)27)20(26(16)21(19)28)22(29)32-11-14-5-7-15(23)8-6-14/h5-8,10,12,16,19H,4,9,11H2,1-3H3,(H,25,27)/t12-,16+,19-/m0/s1. The molecule has 0 unspecified atom stereocenters. The van der Waals surface area contributed by atoms with Crippen molar-refractivity contribution in [3.05, 3.63) is 55.5 Å². The monoisotopic (exact) mass is 622 g/mol. The summed E-state index contributed by atoms with van der Waals surface area (Å²) < 4.78 is 40.0. The van der Waals surface area contributed by atoms with E-state index in [1.165, 1.54) is 31.9 Å². The third kappa shape index (κ3) is 6.90. The Morgan fingerprint density at radius 2 is 2.00 bits per heavy atom. The third-order valence-electron chi connectivity index (χ3n) is 5.29. The second-order valence-corrected chi connectivity index (χ2v) is 11.8. The Balaban J connectivity index is 1.81. The maximum atomic E-state index is 13.1. The van der Waals surface area contributed by atoms with Gasteiger partial charge >= 0.3 is 16.4 Å². The maximum Gasteiger partial charge on any atom is 0.400 e. The topological polar surface area (TPSA) is 128 Å². The minimum Gasteiger partial charge on any atom is -0.456 e. The summed E-state index contributed by atoms with van der Waals surface area (Å²) >= 11 is 10.6. The number of carbonyl (C=O) groups is 3. The maximum absolute atomic E-state index is 13.1. The Labute approximate surface area is 226 Å². The molecule has 36 heavy (non-hydrogen) atoms. The van der Waals surface area contributed by atoms with E-state index in [0.29, 0.717) is 4.91 Å². The summed E-state index contributed by atoms with van der Waals surface area (Å²) in [6.45, 7) is 4.13. The van der Waals surface area contributed by atoms with Crippen LogP contribution in [0.4, 0.5) is 0 Å². The van der Waals surface area contributed by atoms with E-state index in [1.54, 1.807) is 12.1 Å². The molecule has 3 atom stereocenters. The second-order valence-electron chi connectivity index (χ2n) is 7.85. The molecule has 3 rings (SSSR count). The van der Waals surface area contributed by atoms with Crippen LogP contribution in [0, 0.1) is 5.92 Å². The van der Waals surface area contributed by atoms with Crippen LogP contribution in [0.15, 0.2) is 49.9 Å². The van der Waals surface area contributed by atoms with E-state index in [2.05, 4.69) is 25.4 Å². The van der Waals surface area contributed by atoms with Gasteiger partial charge < -0.3 is 15.0 Å². The number of nitrogens with zero attached hydrogens (tertiary/aromatic N) is 1. The van der Waals surface area contributed by atoms with E-state index in [1.807, 2.05) is 12.1 Å². The van der Waals surface area contributed by atoms with Gasteiger partial charge in [-0.05, 0) is 31.5 Å². The minimum absolute atomic E-state index is 0.0226. The Bertz CT molecular complexity index is 1200. The molecule has 0 aliphatic carbocycles. The molecular weight excluding hydrogens is 600 g/mol. The van der Waals surface area contributed by atoms with Crippen LogP contribution in [0.25, 0.3) is 0 Å². The zero-order valence-electron chi connectivity index (χ0n) is 19.5. The Morgan fingerprint density at radius 1 is 1.33 bits per heavy atom. The van der Waals surface area contributed by atoms with E-state index >= 15 is 0 Å². The molecule has 1 N–H and O–H groups in total. The Morgan fingerprint density at radius 3 is 2.61 bits per heavy atom. The van der Waals surface area contributed by atoms with Gasteiger partial charge in [0, 0.05) is 28.9 Å². The van der Waals surface area contributed by atoms with Crippen molar-refractivity contribution >= 4 is 67.5 Å². The van der Waals surface area contributed by atoms with E-state index in [0.717, 1.165) is 21.8 Å². The molecule has 2 heterocycles. The van der Waals surface area contributed by atoms with Crippen molar-refractivity contribution in [2.75, 3.05) is 6.61 Å². The average Bonchev–Trinajstić information content (AvgIpc) is 3.10. The highest BCUT2D eigenvalue weighted by Gasteiger charge is 2.58. The van der Waals surface area contributed by atoms with E-state index in [-0.39, 0.29) is 35.6 Å². The lowest BCUT2D eigenvalue weighted by Gasteiger charge is -2.45. The molecule has 1 saturated heterocycles. The zero-order valence-corrected chi connectivity index (χ0v) is 23.5. The number of fused-ring (bicyclic) bond motifs is 1. The first-order valence-corrected chi connectivity index (χ1v) is 14.1. The molecule has 0 bridgehead atoms. The first-order valence-electron chi connectivity index (χ1n) is 10.8. The van der Waals surface area contributed by atoms with Crippen LogP contribution < -0.4 is 5.32 Å². The van der Waals surface area contributed by atoms with Crippen LogP contribution in [0.2, 0.25) is 0 Å². The first kappa shape index (κ1) is 28.7. The van der Waals surface area contributed by atoms with Crippen molar-refractivity contribution in [1.82, 2.24) is 10.2 Å². The lowest BCUT2D eigenvalue weighted by atomic mass is 9.83. The lowest BCUT2D eigenvalue weighted by molar-refractivity contribution is -0.161. The highest BCUT2D eigenvalue weighted by atomic mass is 79.9. The molecule has 1 aromatic rings. The minimum atomic E-state index is -4.28. The summed E-state index contributed by atoms with van der Waals surface area (Å²) in [7, 11) is -4.28. The van der Waals surface area contributed by atoms with Gasteiger partial charge in [0.25, 0.3) is 0 Å². The molecule has 10 nitrogen and oxygen atoms in total. The normalized spacial score (nSPS) is 20.6. The number of hydrogen-bond donors (Lipinski definition) is 1. The molecule has 2 aliphatic heterocycles. The lowest BCUT2D eigenvalue weighted by Crippen LogP contribution is -2.62. The molecule has 0 aromatic heterocycles. The van der Waals surface area contributed by atoms with Crippen molar-refractivity contribution in [1.29, 1.82) is 0 Å². The van der Waals surface area contributed by atoms with Gasteiger partial charge in [0.05, 0.1) is 29.0 Å². The number of nitrogens with one attached hydrogen (secondary N) is 1. The summed E-state index contributed by atoms with van der Waals surface area (Å²) in [4.78, 5) is 39.1. The number of amides is 2. The van der Waals surface area contributed by atoms with E-state index < -0.39 is 40.3 Å². The van der Waals surface area contributed by atoms with Gasteiger partial charge in [-0.15, -0.1) is 0 Å². The number of carbonyl (C=O) groups excluding carboxylic acids is 3. The Kier molecular flexibility index (Phi) is 9.63. The van der Waals surface area contributed by atoms with Crippen LogP contribution in [-0.2, 0) is 44.5 Å². The third-order valence-corrected chi connectivity index (χ3v) is 8.14. The molecular formula is C22H24BrClN2O8S2. The van der Waals surface area contributed by atoms with Crippen LogP contribution in [0.1, 0.15) is 32.8 Å². The van der Waals surface area contributed by atoms with Gasteiger partial charge in [-0.1, -0.05) is 51.4 Å². The van der Waals surface area contributed by atoms with Crippen molar-refractivity contribution in [3.8, 4) is 0 Å². The fraction of sp³-hybridized carbons (Fsp3) is 0.409. The van der Waals surface area contributed by atoms with Gasteiger partial charge in [0.15, 0.2) is 0 Å². The van der Waals surface area contributed by atoms with Crippen LogP contribution in [0.3, 0.4) is 0 Å². The van der Waals surface area contributed by atoms with Gasteiger partial charge in [-0.3, -0.25) is 9.59 Å². The molecule has 14 heteroatoms. The zero-order chi connectivity index (χ0) is 26.6. The number of esters is 1. The van der Waals surface area contributed by atoms with E-state index in [4.69, 9.17) is 20.5 Å². The molecule has 0 saturated carbocycles. The smallest absolute Gasteiger partial charge is 0.400 e. The van der Waals surface area contributed by atoms with Gasteiger partial charge in [-0.2, -0.15) is 8.42 Å². The van der Waals surface area contributed by atoms with Crippen LogP contribution in [-0.4, -0.2) is 49.9 Å². The fourth-order valence-electron chi connectivity index (χ4n) is 3.82. The van der Waals surface area contributed by atoms with E-state index in [9.17, 15) is 22.8 Å².